The second-order valence-corrected chi connectivity index (χ2v) is 10.5. The topological polar surface area (TPSA) is 79.1 Å². The van der Waals surface area contributed by atoms with E-state index in [1.54, 1.807) is 12.4 Å². The van der Waals surface area contributed by atoms with Crippen LogP contribution < -0.4 is 20.9 Å². The van der Waals surface area contributed by atoms with E-state index in [9.17, 15) is 4.39 Å². The van der Waals surface area contributed by atoms with Crippen LogP contribution in [0.2, 0.25) is 5.02 Å². The molecule has 9 heteroatoms. The number of nitrogens with one attached hydrogen (secondary N) is 2. The van der Waals surface area contributed by atoms with Crippen molar-refractivity contribution in [3.05, 3.63) is 58.9 Å². The maximum absolute atomic E-state index is 13.8. The van der Waals surface area contributed by atoms with Crippen molar-refractivity contribution in [1.82, 2.24) is 30.0 Å². The number of halogens is 2. The van der Waals surface area contributed by atoms with E-state index >= 15 is 0 Å². The molecule has 2 saturated heterocycles. The zero-order valence-corrected chi connectivity index (χ0v) is 21.2. The SMILES string of the molecule is CCc1c(N)ncnc1[N+]1(C2(CCN3CCCC3)NC=CN2)CCC(c2ccc(F)c(Cl)c2)CC1. The summed E-state index contributed by atoms with van der Waals surface area (Å²) >= 11 is 6.13. The molecule has 0 bridgehead atoms. The Balaban J connectivity index is 1.51. The predicted molar refractivity (Wildman–Crippen MR) is 139 cm³/mol. The zero-order valence-electron chi connectivity index (χ0n) is 20.4. The lowest BCUT2D eigenvalue weighted by Gasteiger charge is -2.53. The van der Waals surface area contributed by atoms with Gasteiger partial charge in [0.25, 0.3) is 5.79 Å². The molecule has 1 aromatic heterocycles. The Hall–Kier alpha value is -2.42. The number of likely N-dealkylation sites (tertiary alicyclic amines) is 2. The largest absolute Gasteiger partial charge is 0.383 e. The number of rotatable bonds is 7. The van der Waals surface area contributed by atoms with Gasteiger partial charge in [-0.2, -0.15) is 4.98 Å². The standard InChI is InChI=1S/C26H36ClFN7/c1-2-21-24(29)30-18-31-25(21)35(26(32-10-11-33-26)9-14-34-12-3-4-13-34)15-7-19(8-16-35)20-5-6-23(28)22(27)17-20/h5-6,10-11,17-19,32-33H,2-4,7-9,12-16H2,1H3,(H2,29,30,31)/q+1. The molecule has 0 spiro atoms. The highest BCUT2D eigenvalue weighted by Gasteiger charge is 2.57. The highest BCUT2D eigenvalue weighted by atomic mass is 35.5. The van der Waals surface area contributed by atoms with E-state index in [0.29, 0.717) is 16.2 Å². The Bertz CT molecular complexity index is 1070. The summed E-state index contributed by atoms with van der Waals surface area (Å²) in [5, 5.41) is 7.64. The minimum atomic E-state index is -0.418. The van der Waals surface area contributed by atoms with Crippen LogP contribution in [0.4, 0.5) is 16.0 Å². The first-order chi connectivity index (χ1) is 17.0. The van der Waals surface area contributed by atoms with Crippen molar-refractivity contribution >= 4 is 23.2 Å². The van der Waals surface area contributed by atoms with Crippen molar-refractivity contribution in [2.24, 2.45) is 0 Å². The number of piperidine rings is 1. The van der Waals surface area contributed by atoms with Crippen molar-refractivity contribution in [2.75, 3.05) is 38.5 Å². The molecule has 4 heterocycles. The van der Waals surface area contributed by atoms with Crippen LogP contribution in [0.15, 0.2) is 36.9 Å². The van der Waals surface area contributed by atoms with Crippen LogP contribution in [-0.4, -0.2) is 53.4 Å². The minimum absolute atomic E-state index is 0.191. The summed E-state index contributed by atoms with van der Waals surface area (Å²) in [5.74, 6) is 1.09. The summed E-state index contributed by atoms with van der Waals surface area (Å²) in [6, 6.07) is 5.15. The third kappa shape index (κ3) is 4.36. The van der Waals surface area contributed by atoms with E-state index in [0.717, 1.165) is 75.4 Å². The van der Waals surface area contributed by atoms with Gasteiger partial charge in [0.2, 0.25) is 5.82 Å². The molecule has 3 aliphatic heterocycles. The fourth-order valence-electron chi connectivity index (χ4n) is 6.34. The number of hydrogen-bond donors (Lipinski definition) is 3. The van der Waals surface area contributed by atoms with Gasteiger partial charge < -0.3 is 21.3 Å². The number of nitrogen functional groups attached to an aromatic ring is 1. The van der Waals surface area contributed by atoms with Crippen LogP contribution in [0, 0.1) is 5.82 Å². The van der Waals surface area contributed by atoms with E-state index in [-0.39, 0.29) is 10.8 Å². The fraction of sp³-hybridized carbons (Fsp3) is 0.538. The molecular formula is C26H36ClFN7+. The van der Waals surface area contributed by atoms with E-state index in [4.69, 9.17) is 22.3 Å². The lowest BCUT2D eigenvalue weighted by atomic mass is 9.86. The smallest absolute Gasteiger partial charge is 0.257 e. The maximum Gasteiger partial charge on any atom is 0.257 e. The first-order valence-electron chi connectivity index (χ1n) is 12.8. The fourth-order valence-corrected chi connectivity index (χ4v) is 6.53. The van der Waals surface area contributed by atoms with Crippen LogP contribution in [0.3, 0.4) is 0 Å². The number of anilines is 1. The quantitative estimate of drug-likeness (QED) is 0.497. The molecule has 188 valence electrons. The number of aromatic nitrogens is 2. The Kier molecular flexibility index (Phi) is 6.88. The number of benzene rings is 1. The Labute approximate surface area is 212 Å². The lowest BCUT2D eigenvalue weighted by molar-refractivity contribution is 0.0212. The number of nitrogens with zero attached hydrogens (tertiary/aromatic N) is 4. The molecule has 3 aliphatic rings. The lowest BCUT2D eigenvalue weighted by Crippen LogP contribution is -2.77. The Morgan fingerprint density at radius 2 is 1.89 bits per heavy atom. The summed E-state index contributed by atoms with van der Waals surface area (Å²) < 4.78 is 14.5. The average molecular weight is 501 g/mol. The second-order valence-electron chi connectivity index (χ2n) is 10.1. The third-order valence-electron chi connectivity index (χ3n) is 8.30. The molecule has 35 heavy (non-hydrogen) atoms. The third-order valence-corrected chi connectivity index (χ3v) is 8.58. The van der Waals surface area contributed by atoms with Gasteiger partial charge in [-0.25, -0.2) is 13.9 Å². The molecule has 1 aromatic carbocycles. The van der Waals surface area contributed by atoms with Crippen LogP contribution in [0.1, 0.15) is 56.1 Å². The Morgan fingerprint density at radius 3 is 2.54 bits per heavy atom. The van der Waals surface area contributed by atoms with Crippen LogP contribution in [-0.2, 0) is 6.42 Å². The van der Waals surface area contributed by atoms with E-state index in [2.05, 4.69) is 27.4 Å². The Morgan fingerprint density at radius 1 is 1.17 bits per heavy atom. The maximum atomic E-state index is 13.8. The van der Waals surface area contributed by atoms with Crippen LogP contribution in [0.25, 0.3) is 0 Å². The molecule has 4 N–H and O–H groups in total. The van der Waals surface area contributed by atoms with Crippen molar-refractivity contribution < 1.29 is 4.39 Å². The van der Waals surface area contributed by atoms with Gasteiger partial charge in [-0.3, -0.25) is 0 Å². The summed E-state index contributed by atoms with van der Waals surface area (Å²) in [4.78, 5) is 11.8. The molecule has 2 aromatic rings. The van der Waals surface area contributed by atoms with Gasteiger partial charge in [-0.1, -0.05) is 24.6 Å². The highest BCUT2D eigenvalue weighted by molar-refractivity contribution is 6.30. The summed E-state index contributed by atoms with van der Waals surface area (Å²) in [5.41, 5.74) is 8.51. The first-order valence-corrected chi connectivity index (χ1v) is 13.2. The van der Waals surface area contributed by atoms with E-state index < -0.39 is 5.79 Å². The molecule has 2 fully saturated rings. The molecule has 7 nitrogen and oxygen atoms in total. The molecule has 0 amide bonds. The van der Waals surface area contributed by atoms with Crippen molar-refractivity contribution in [1.29, 1.82) is 0 Å². The molecular weight excluding hydrogens is 465 g/mol. The summed E-state index contributed by atoms with van der Waals surface area (Å²) in [7, 11) is 0. The minimum Gasteiger partial charge on any atom is -0.383 e. The molecule has 0 saturated carbocycles. The van der Waals surface area contributed by atoms with Gasteiger partial charge in [-0.15, -0.1) is 0 Å². The number of hydrogen-bond acceptors (Lipinski definition) is 6. The van der Waals surface area contributed by atoms with Crippen LogP contribution >= 0.6 is 11.6 Å². The summed E-state index contributed by atoms with van der Waals surface area (Å²) in [6.45, 7) is 7.19. The van der Waals surface area contributed by atoms with Gasteiger partial charge in [0.15, 0.2) is 0 Å². The molecule has 0 aliphatic carbocycles. The van der Waals surface area contributed by atoms with E-state index in [1.165, 1.54) is 18.9 Å². The van der Waals surface area contributed by atoms with Crippen molar-refractivity contribution in [3.63, 3.8) is 0 Å². The number of quaternary nitrogens is 1. The van der Waals surface area contributed by atoms with Gasteiger partial charge in [-0.05, 0) is 56.0 Å². The van der Waals surface area contributed by atoms with Gasteiger partial charge in [0.1, 0.15) is 18.0 Å². The molecule has 5 rings (SSSR count). The van der Waals surface area contributed by atoms with Crippen LogP contribution in [0.5, 0.6) is 0 Å². The van der Waals surface area contributed by atoms with Crippen molar-refractivity contribution in [3.8, 4) is 0 Å². The molecule has 0 radical (unpaired) electrons. The highest BCUT2D eigenvalue weighted by Crippen LogP contribution is 2.43. The van der Waals surface area contributed by atoms with Crippen molar-refractivity contribution in [2.45, 2.75) is 57.2 Å². The normalized spacial score (nSPS) is 26.0. The van der Waals surface area contributed by atoms with Gasteiger partial charge in [0.05, 0.1) is 30.1 Å². The number of nitrogens with two attached hydrogens (primary N) is 1. The van der Waals surface area contributed by atoms with Gasteiger partial charge >= 0.3 is 0 Å². The molecule has 0 atom stereocenters. The monoisotopic (exact) mass is 500 g/mol. The first kappa shape index (κ1) is 24.3. The van der Waals surface area contributed by atoms with E-state index in [1.807, 2.05) is 18.5 Å². The van der Waals surface area contributed by atoms with Gasteiger partial charge in [0, 0.05) is 31.8 Å². The predicted octanol–water partition coefficient (Wildman–Crippen LogP) is 4.10. The second kappa shape index (κ2) is 9.91. The average Bonchev–Trinajstić information content (AvgIpc) is 3.57. The zero-order chi connectivity index (χ0) is 24.5. The molecule has 0 unspecified atom stereocenters. The summed E-state index contributed by atoms with van der Waals surface area (Å²) in [6.07, 6.45) is 11.8.